The number of hydrogen-bond donors (Lipinski definition) is 2. The predicted octanol–water partition coefficient (Wildman–Crippen LogP) is 1.75. The molecule has 0 aliphatic carbocycles. The van der Waals surface area contributed by atoms with E-state index in [4.69, 9.17) is 10.5 Å². The van der Waals surface area contributed by atoms with E-state index in [1.54, 1.807) is 24.3 Å². The molecule has 100 valence electrons. The molecule has 1 aromatic rings. The second kappa shape index (κ2) is 9.50. The van der Waals surface area contributed by atoms with E-state index in [2.05, 4.69) is 11.9 Å². The molecule has 0 aliphatic rings. The highest BCUT2D eigenvalue weighted by molar-refractivity contribution is 5.96. The number of carbonyl (C=O) groups excluding carboxylic acids is 1. The summed E-state index contributed by atoms with van der Waals surface area (Å²) in [6, 6.07) is 7.13. The monoisotopic (exact) mass is 270 g/mol. The van der Waals surface area contributed by atoms with Gasteiger partial charge in [-0.15, -0.1) is 12.4 Å². The van der Waals surface area contributed by atoms with Crippen molar-refractivity contribution < 1.29 is 9.53 Å². The summed E-state index contributed by atoms with van der Waals surface area (Å²) in [5.41, 5.74) is 5.90. The van der Waals surface area contributed by atoms with Gasteiger partial charge in [-0.1, -0.05) is 24.8 Å². The number of benzene rings is 1. The molecular formula is C13H19ClN2O2. The lowest BCUT2D eigenvalue weighted by atomic mass is 10.2. The van der Waals surface area contributed by atoms with E-state index in [1.807, 2.05) is 6.07 Å². The van der Waals surface area contributed by atoms with Gasteiger partial charge in [0.15, 0.2) is 0 Å². The molecule has 1 amide bonds. The first-order chi connectivity index (χ1) is 8.29. The number of ether oxygens (including phenoxy) is 1. The van der Waals surface area contributed by atoms with Crippen LogP contribution in [-0.4, -0.2) is 25.6 Å². The van der Waals surface area contributed by atoms with E-state index in [0.29, 0.717) is 31.0 Å². The quantitative estimate of drug-likeness (QED) is 0.586. The minimum Gasteiger partial charge on any atom is -0.489 e. The summed E-state index contributed by atoms with van der Waals surface area (Å²) in [5.74, 6) is 0.427. The highest BCUT2D eigenvalue weighted by atomic mass is 35.5. The van der Waals surface area contributed by atoms with Crippen LogP contribution in [-0.2, 0) is 0 Å². The minimum absolute atomic E-state index is 0. The molecule has 0 unspecified atom stereocenters. The van der Waals surface area contributed by atoms with Crippen molar-refractivity contribution in [2.75, 3.05) is 19.7 Å². The predicted molar refractivity (Wildman–Crippen MR) is 75.4 cm³/mol. The molecule has 3 N–H and O–H groups in total. The molecule has 1 aromatic carbocycles. The Morgan fingerprint density at radius 1 is 1.44 bits per heavy atom. The SMILES string of the molecule is C=CCOc1ccccc1C(=O)NCCCN.Cl. The van der Waals surface area contributed by atoms with Gasteiger partial charge in [-0.25, -0.2) is 0 Å². The van der Waals surface area contributed by atoms with E-state index in [9.17, 15) is 4.79 Å². The summed E-state index contributed by atoms with van der Waals surface area (Å²) in [4.78, 5) is 11.8. The Hall–Kier alpha value is -1.52. The van der Waals surface area contributed by atoms with Crippen molar-refractivity contribution in [3.63, 3.8) is 0 Å². The van der Waals surface area contributed by atoms with Crippen molar-refractivity contribution in [1.29, 1.82) is 0 Å². The second-order valence-corrected chi connectivity index (χ2v) is 3.49. The van der Waals surface area contributed by atoms with Gasteiger partial charge in [0.25, 0.3) is 5.91 Å². The van der Waals surface area contributed by atoms with Crippen LogP contribution in [0, 0.1) is 0 Å². The Morgan fingerprint density at radius 2 is 2.17 bits per heavy atom. The second-order valence-electron chi connectivity index (χ2n) is 3.49. The Bertz CT molecular complexity index is 383. The van der Waals surface area contributed by atoms with Gasteiger partial charge in [0.05, 0.1) is 5.56 Å². The van der Waals surface area contributed by atoms with Gasteiger partial charge in [0, 0.05) is 6.54 Å². The van der Waals surface area contributed by atoms with Crippen LogP contribution in [0.1, 0.15) is 16.8 Å². The third kappa shape index (κ3) is 5.21. The van der Waals surface area contributed by atoms with Gasteiger partial charge in [0.2, 0.25) is 0 Å². The molecule has 5 heteroatoms. The summed E-state index contributed by atoms with van der Waals surface area (Å²) in [7, 11) is 0. The molecule has 0 saturated heterocycles. The number of rotatable bonds is 7. The average molecular weight is 271 g/mol. The first kappa shape index (κ1) is 16.5. The van der Waals surface area contributed by atoms with Gasteiger partial charge in [-0.3, -0.25) is 4.79 Å². The lowest BCUT2D eigenvalue weighted by Crippen LogP contribution is -2.26. The van der Waals surface area contributed by atoms with Gasteiger partial charge >= 0.3 is 0 Å². The normalized spacial score (nSPS) is 9.17. The van der Waals surface area contributed by atoms with E-state index < -0.39 is 0 Å². The maximum absolute atomic E-state index is 11.8. The summed E-state index contributed by atoms with van der Waals surface area (Å²) in [6.07, 6.45) is 2.41. The van der Waals surface area contributed by atoms with Gasteiger partial charge < -0.3 is 15.8 Å². The Balaban J connectivity index is 0.00000289. The van der Waals surface area contributed by atoms with Crippen LogP contribution in [0.5, 0.6) is 5.75 Å². The van der Waals surface area contributed by atoms with Crippen molar-refractivity contribution in [3.8, 4) is 5.75 Å². The maximum Gasteiger partial charge on any atom is 0.255 e. The fraction of sp³-hybridized carbons (Fsp3) is 0.308. The third-order valence-electron chi connectivity index (χ3n) is 2.15. The van der Waals surface area contributed by atoms with Crippen molar-refractivity contribution in [2.45, 2.75) is 6.42 Å². The van der Waals surface area contributed by atoms with Crippen LogP contribution in [0.15, 0.2) is 36.9 Å². The summed E-state index contributed by atoms with van der Waals surface area (Å²) < 4.78 is 5.41. The minimum atomic E-state index is -0.141. The molecule has 0 aromatic heterocycles. The van der Waals surface area contributed by atoms with Gasteiger partial charge in [-0.05, 0) is 25.1 Å². The average Bonchev–Trinajstić information content (AvgIpc) is 2.37. The Morgan fingerprint density at radius 3 is 2.83 bits per heavy atom. The summed E-state index contributed by atoms with van der Waals surface area (Å²) in [6.45, 7) is 5.09. The number of para-hydroxylation sites is 1. The van der Waals surface area contributed by atoms with E-state index in [1.165, 1.54) is 0 Å². The highest BCUT2D eigenvalue weighted by Gasteiger charge is 2.10. The van der Waals surface area contributed by atoms with E-state index >= 15 is 0 Å². The number of amides is 1. The van der Waals surface area contributed by atoms with E-state index in [-0.39, 0.29) is 18.3 Å². The molecule has 4 nitrogen and oxygen atoms in total. The molecule has 0 fully saturated rings. The largest absolute Gasteiger partial charge is 0.489 e. The molecule has 0 heterocycles. The molecule has 18 heavy (non-hydrogen) atoms. The summed E-state index contributed by atoms with van der Waals surface area (Å²) in [5, 5.41) is 2.79. The van der Waals surface area contributed by atoms with Crippen molar-refractivity contribution in [3.05, 3.63) is 42.5 Å². The molecule has 0 radical (unpaired) electrons. The number of nitrogens with one attached hydrogen (secondary N) is 1. The molecule has 0 aliphatic heterocycles. The summed E-state index contributed by atoms with van der Waals surface area (Å²) >= 11 is 0. The van der Waals surface area contributed by atoms with Crippen molar-refractivity contribution >= 4 is 18.3 Å². The number of hydrogen-bond acceptors (Lipinski definition) is 3. The fourth-order valence-corrected chi connectivity index (χ4v) is 1.33. The van der Waals surface area contributed by atoms with Crippen LogP contribution < -0.4 is 15.8 Å². The molecular weight excluding hydrogens is 252 g/mol. The molecule has 0 spiro atoms. The fourth-order valence-electron chi connectivity index (χ4n) is 1.33. The molecule has 0 bridgehead atoms. The van der Waals surface area contributed by atoms with Crippen LogP contribution in [0.4, 0.5) is 0 Å². The Labute approximate surface area is 114 Å². The zero-order chi connectivity index (χ0) is 12.5. The Kier molecular flexibility index (Phi) is 8.70. The first-order valence-corrected chi connectivity index (χ1v) is 5.60. The van der Waals surface area contributed by atoms with Crippen LogP contribution in [0.3, 0.4) is 0 Å². The molecule has 1 rings (SSSR count). The van der Waals surface area contributed by atoms with Crippen molar-refractivity contribution in [2.24, 2.45) is 5.73 Å². The van der Waals surface area contributed by atoms with Crippen LogP contribution >= 0.6 is 12.4 Å². The topological polar surface area (TPSA) is 64.3 Å². The van der Waals surface area contributed by atoms with Crippen LogP contribution in [0.2, 0.25) is 0 Å². The lowest BCUT2D eigenvalue weighted by Gasteiger charge is -2.10. The zero-order valence-corrected chi connectivity index (χ0v) is 11.0. The highest BCUT2D eigenvalue weighted by Crippen LogP contribution is 2.17. The van der Waals surface area contributed by atoms with Crippen molar-refractivity contribution in [1.82, 2.24) is 5.32 Å². The number of carbonyl (C=O) groups is 1. The van der Waals surface area contributed by atoms with Crippen LogP contribution in [0.25, 0.3) is 0 Å². The first-order valence-electron chi connectivity index (χ1n) is 5.60. The van der Waals surface area contributed by atoms with Gasteiger partial charge in [-0.2, -0.15) is 0 Å². The maximum atomic E-state index is 11.8. The lowest BCUT2D eigenvalue weighted by molar-refractivity contribution is 0.0950. The third-order valence-corrected chi connectivity index (χ3v) is 2.15. The number of halogens is 1. The van der Waals surface area contributed by atoms with Gasteiger partial charge in [0.1, 0.15) is 12.4 Å². The molecule has 0 atom stereocenters. The number of nitrogens with two attached hydrogens (primary N) is 1. The zero-order valence-electron chi connectivity index (χ0n) is 10.2. The molecule has 0 saturated carbocycles. The smallest absolute Gasteiger partial charge is 0.255 e. The van der Waals surface area contributed by atoms with E-state index in [0.717, 1.165) is 6.42 Å². The standard InChI is InChI=1S/C13H18N2O2.ClH/c1-2-10-17-12-7-4-3-6-11(12)13(16)15-9-5-8-14;/h2-4,6-7H,1,5,8-10,14H2,(H,15,16);1H.